The molecule has 0 fully saturated rings. The van der Waals surface area contributed by atoms with Crippen LogP contribution in [-0.4, -0.2) is 32.0 Å². The molecular formula is C15H22F3NO2. The van der Waals surface area contributed by atoms with Crippen molar-refractivity contribution < 1.29 is 22.6 Å². The van der Waals surface area contributed by atoms with Crippen LogP contribution in [0.25, 0.3) is 0 Å². The van der Waals surface area contributed by atoms with Gasteiger partial charge in [-0.1, -0.05) is 26.0 Å². The number of nitrogens with one attached hydrogen (secondary N) is 1. The molecule has 21 heavy (non-hydrogen) atoms. The van der Waals surface area contributed by atoms with Gasteiger partial charge in [-0.3, -0.25) is 0 Å². The molecule has 1 aromatic rings. The lowest BCUT2D eigenvalue weighted by atomic mass is 10.2. The van der Waals surface area contributed by atoms with Gasteiger partial charge in [0, 0.05) is 12.6 Å². The van der Waals surface area contributed by atoms with Crippen LogP contribution < -0.4 is 10.1 Å². The lowest BCUT2D eigenvalue weighted by Crippen LogP contribution is -2.21. The first-order chi connectivity index (χ1) is 9.87. The zero-order chi connectivity index (χ0) is 15.7. The van der Waals surface area contributed by atoms with E-state index in [0.29, 0.717) is 11.8 Å². The van der Waals surface area contributed by atoms with Crippen LogP contribution in [0, 0.1) is 0 Å². The van der Waals surface area contributed by atoms with E-state index in [1.807, 2.05) is 24.3 Å². The number of benzene rings is 1. The molecule has 0 aliphatic rings. The molecule has 1 N–H and O–H groups in total. The van der Waals surface area contributed by atoms with Crippen LogP contribution in [0.4, 0.5) is 13.2 Å². The van der Waals surface area contributed by atoms with Gasteiger partial charge in [-0.05, 0) is 17.7 Å². The molecule has 120 valence electrons. The maximum Gasteiger partial charge on any atom is 0.391 e. The van der Waals surface area contributed by atoms with Gasteiger partial charge >= 0.3 is 6.18 Å². The summed E-state index contributed by atoms with van der Waals surface area (Å²) in [7, 11) is 0. The largest absolute Gasteiger partial charge is 0.491 e. The molecule has 3 nitrogen and oxygen atoms in total. The van der Waals surface area contributed by atoms with E-state index in [9.17, 15) is 13.2 Å². The number of halogens is 3. The van der Waals surface area contributed by atoms with E-state index in [0.717, 1.165) is 12.1 Å². The lowest BCUT2D eigenvalue weighted by Gasteiger charge is -2.10. The molecule has 0 bridgehead atoms. The highest BCUT2D eigenvalue weighted by atomic mass is 19.4. The molecule has 0 unspecified atom stereocenters. The van der Waals surface area contributed by atoms with Gasteiger partial charge in [-0.25, -0.2) is 0 Å². The predicted molar refractivity (Wildman–Crippen MR) is 75.4 cm³/mol. The van der Waals surface area contributed by atoms with Gasteiger partial charge < -0.3 is 14.8 Å². The molecule has 0 atom stereocenters. The minimum absolute atomic E-state index is 0.146. The highest BCUT2D eigenvalue weighted by Crippen LogP contribution is 2.19. The van der Waals surface area contributed by atoms with Gasteiger partial charge in [0.05, 0.1) is 19.6 Å². The van der Waals surface area contributed by atoms with Crippen LogP contribution >= 0.6 is 0 Å². The van der Waals surface area contributed by atoms with Crippen LogP contribution in [0.1, 0.15) is 25.8 Å². The second kappa shape index (κ2) is 8.89. The lowest BCUT2D eigenvalue weighted by molar-refractivity contribution is -0.145. The topological polar surface area (TPSA) is 30.5 Å². The van der Waals surface area contributed by atoms with Crippen LogP contribution in [0.15, 0.2) is 24.3 Å². The Hall–Kier alpha value is -1.27. The first-order valence-corrected chi connectivity index (χ1v) is 6.96. The summed E-state index contributed by atoms with van der Waals surface area (Å²) in [6.07, 6.45) is -5.09. The summed E-state index contributed by atoms with van der Waals surface area (Å²) in [4.78, 5) is 0. The zero-order valence-corrected chi connectivity index (χ0v) is 12.4. The molecule has 0 aliphatic carbocycles. The van der Waals surface area contributed by atoms with Crippen molar-refractivity contribution in [2.75, 3.05) is 19.8 Å². The fourth-order valence-electron chi connectivity index (χ4n) is 1.53. The third-order valence-electron chi connectivity index (χ3n) is 2.66. The maximum atomic E-state index is 11.9. The zero-order valence-electron chi connectivity index (χ0n) is 12.4. The van der Waals surface area contributed by atoms with Crippen LogP contribution in [0.3, 0.4) is 0 Å². The molecule has 0 saturated carbocycles. The van der Waals surface area contributed by atoms with E-state index in [2.05, 4.69) is 19.2 Å². The third kappa shape index (κ3) is 9.31. The summed E-state index contributed by atoms with van der Waals surface area (Å²) in [6.45, 7) is 5.01. The van der Waals surface area contributed by atoms with E-state index in [4.69, 9.17) is 9.47 Å². The maximum absolute atomic E-state index is 11.9. The summed E-state index contributed by atoms with van der Waals surface area (Å²) < 4.78 is 45.8. The van der Waals surface area contributed by atoms with Crippen molar-refractivity contribution in [3.63, 3.8) is 0 Å². The Morgan fingerprint density at radius 1 is 1.05 bits per heavy atom. The molecule has 6 heteroatoms. The van der Waals surface area contributed by atoms with Crippen molar-refractivity contribution in [2.24, 2.45) is 0 Å². The van der Waals surface area contributed by atoms with Crippen molar-refractivity contribution in [1.29, 1.82) is 0 Å². The van der Waals surface area contributed by atoms with Gasteiger partial charge in [0.2, 0.25) is 0 Å². The Morgan fingerprint density at radius 2 is 1.71 bits per heavy atom. The third-order valence-corrected chi connectivity index (χ3v) is 2.66. The average Bonchev–Trinajstić information content (AvgIpc) is 2.40. The van der Waals surface area contributed by atoms with Crippen LogP contribution in [0.5, 0.6) is 5.75 Å². The van der Waals surface area contributed by atoms with Crippen molar-refractivity contribution in [3.05, 3.63) is 29.8 Å². The molecule has 0 heterocycles. The minimum atomic E-state index is -4.17. The Balaban J connectivity index is 2.15. The fourth-order valence-corrected chi connectivity index (χ4v) is 1.53. The molecule has 0 aromatic heterocycles. The van der Waals surface area contributed by atoms with Gasteiger partial charge in [0.15, 0.2) is 0 Å². The smallest absolute Gasteiger partial charge is 0.391 e. The minimum Gasteiger partial charge on any atom is -0.491 e. The van der Waals surface area contributed by atoms with Gasteiger partial charge in [0.25, 0.3) is 0 Å². The highest BCUT2D eigenvalue weighted by Gasteiger charge is 2.26. The molecular weight excluding hydrogens is 283 g/mol. The summed E-state index contributed by atoms with van der Waals surface area (Å²) in [5.74, 6) is 0.683. The molecule has 0 amide bonds. The van der Waals surface area contributed by atoms with Gasteiger partial charge in [0.1, 0.15) is 12.4 Å². The van der Waals surface area contributed by atoms with Crippen molar-refractivity contribution >= 4 is 0 Å². The van der Waals surface area contributed by atoms with Crippen LogP contribution in [-0.2, 0) is 11.3 Å². The van der Waals surface area contributed by atoms with E-state index in [1.54, 1.807) is 0 Å². The first-order valence-electron chi connectivity index (χ1n) is 6.96. The summed E-state index contributed by atoms with van der Waals surface area (Å²) in [5, 5.41) is 3.31. The predicted octanol–water partition coefficient (Wildman–Crippen LogP) is 3.53. The van der Waals surface area contributed by atoms with E-state index >= 15 is 0 Å². The van der Waals surface area contributed by atoms with E-state index < -0.39 is 12.6 Å². The molecule has 1 rings (SSSR count). The average molecular weight is 305 g/mol. The van der Waals surface area contributed by atoms with E-state index in [-0.39, 0.29) is 19.8 Å². The molecule has 0 spiro atoms. The monoisotopic (exact) mass is 305 g/mol. The SMILES string of the molecule is CC(C)NCc1ccc(OCCOCCC(F)(F)F)cc1. The number of ether oxygens (including phenoxy) is 2. The number of hydrogen-bond donors (Lipinski definition) is 1. The standard InChI is InChI=1S/C15H22F3NO2/c1-12(2)19-11-13-3-5-14(6-4-13)21-10-9-20-8-7-15(16,17)18/h3-6,12,19H,7-11H2,1-2H3. The second-order valence-electron chi connectivity index (χ2n) is 5.01. The molecule has 0 radical (unpaired) electrons. The summed E-state index contributed by atoms with van der Waals surface area (Å²) >= 11 is 0. The van der Waals surface area contributed by atoms with E-state index in [1.165, 1.54) is 0 Å². The normalized spacial score (nSPS) is 11.9. The van der Waals surface area contributed by atoms with Gasteiger partial charge in [-0.15, -0.1) is 0 Å². The Bertz CT molecular complexity index is 391. The van der Waals surface area contributed by atoms with Crippen LogP contribution in [0.2, 0.25) is 0 Å². The second-order valence-corrected chi connectivity index (χ2v) is 5.01. The molecule has 0 saturated heterocycles. The molecule has 1 aromatic carbocycles. The first kappa shape index (κ1) is 17.8. The quantitative estimate of drug-likeness (QED) is 0.708. The molecule has 0 aliphatic heterocycles. The highest BCUT2D eigenvalue weighted by molar-refractivity contribution is 5.27. The Labute approximate surface area is 123 Å². The summed E-state index contributed by atoms with van der Waals surface area (Å²) in [6, 6.07) is 8.01. The van der Waals surface area contributed by atoms with Crippen molar-refractivity contribution in [2.45, 2.75) is 39.0 Å². The van der Waals surface area contributed by atoms with Crippen molar-refractivity contribution in [1.82, 2.24) is 5.32 Å². The fraction of sp³-hybridized carbons (Fsp3) is 0.600. The van der Waals surface area contributed by atoms with Gasteiger partial charge in [-0.2, -0.15) is 13.2 Å². The Morgan fingerprint density at radius 3 is 2.29 bits per heavy atom. The van der Waals surface area contributed by atoms with Crippen molar-refractivity contribution in [3.8, 4) is 5.75 Å². The Kier molecular flexibility index (Phi) is 7.53. The number of hydrogen-bond acceptors (Lipinski definition) is 3. The summed E-state index contributed by atoms with van der Waals surface area (Å²) in [5.41, 5.74) is 1.15. The number of alkyl halides is 3. The number of rotatable bonds is 9.